The summed E-state index contributed by atoms with van der Waals surface area (Å²) in [6.45, 7) is 6.84. The van der Waals surface area contributed by atoms with Gasteiger partial charge in [-0.25, -0.2) is 4.98 Å². The Balaban J connectivity index is 2.34. The zero-order valence-electron chi connectivity index (χ0n) is 10.6. The zero-order chi connectivity index (χ0) is 13.1. The highest BCUT2D eigenvalue weighted by molar-refractivity contribution is 7.10. The fraction of sp³-hybridized carbons (Fsp3) is 0.455. The standard InChI is InChI=1S/C11H15N5OS/c1-4-12-11-9(14-15-18-11)6-16-8(3)13-7(2)5-10(16)17/h5,12H,4,6H2,1-3H3. The number of nitrogens with zero attached hydrogens (tertiary/aromatic N) is 4. The van der Waals surface area contributed by atoms with Gasteiger partial charge < -0.3 is 5.32 Å². The predicted octanol–water partition coefficient (Wildman–Crippen LogP) is 1.19. The van der Waals surface area contributed by atoms with Crippen LogP contribution >= 0.6 is 11.5 Å². The highest BCUT2D eigenvalue weighted by Gasteiger charge is 2.10. The lowest BCUT2D eigenvalue weighted by molar-refractivity contribution is 0.679. The summed E-state index contributed by atoms with van der Waals surface area (Å²) in [5, 5.41) is 8.14. The quantitative estimate of drug-likeness (QED) is 0.899. The summed E-state index contributed by atoms with van der Waals surface area (Å²) < 4.78 is 5.51. The summed E-state index contributed by atoms with van der Waals surface area (Å²) in [6.07, 6.45) is 0. The molecule has 0 radical (unpaired) electrons. The molecule has 0 aliphatic rings. The summed E-state index contributed by atoms with van der Waals surface area (Å²) in [5.74, 6) is 0.690. The van der Waals surface area contributed by atoms with Gasteiger partial charge in [0, 0.05) is 29.8 Å². The molecule has 96 valence electrons. The van der Waals surface area contributed by atoms with Crippen molar-refractivity contribution in [3.63, 3.8) is 0 Å². The lowest BCUT2D eigenvalue weighted by Gasteiger charge is -2.09. The normalized spacial score (nSPS) is 10.6. The lowest BCUT2D eigenvalue weighted by atomic mass is 10.4. The van der Waals surface area contributed by atoms with Crippen LogP contribution in [0.15, 0.2) is 10.9 Å². The van der Waals surface area contributed by atoms with E-state index < -0.39 is 0 Å². The third-order valence-electron chi connectivity index (χ3n) is 2.53. The second kappa shape index (κ2) is 5.26. The highest BCUT2D eigenvalue weighted by atomic mass is 32.1. The molecular formula is C11H15N5OS. The molecule has 6 nitrogen and oxygen atoms in total. The predicted molar refractivity (Wildman–Crippen MR) is 71.1 cm³/mol. The minimum Gasteiger partial charge on any atom is -0.374 e. The first-order chi connectivity index (χ1) is 8.61. The summed E-state index contributed by atoms with van der Waals surface area (Å²) in [5.41, 5.74) is 1.45. The maximum atomic E-state index is 11.9. The van der Waals surface area contributed by atoms with Crippen LogP contribution in [0.3, 0.4) is 0 Å². The molecule has 18 heavy (non-hydrogen) atoms. The number of aryl methyl sites for hydroxylation is 2. The van der Waals surface area contributed by atoms with E-state index in [9.17, 15) is 4.79 Å². The molecule has 0 aliphatic carbocycles. The fourth-order valence-electron chi connectivity index (χ4n) is 1.71. The molecule has 7 heteroatoms. The third kappa shape index (κ3) is 2.56. The molecule has 2 aromatic heterocycles. The minimum absolute atomic E-state index is 0.0598. The van der Waals surface area contributed by atoms with Gasteiger partial charge >= 0.3 is 0 Å². The van der Waals surface area contributed by atoms with Crippen molar-refractivity contribution in [3.05, 3.63) is 33.6 Å². The van der Waals surface area contributed by atoms with Gasteiger partial charge in [-0.1, -0.05) is 4.49 Å². The lowest BCUT2D eigenvalue weighted by Crippen LogP contribution is -2.24. The first kappa shape index (κ1) is 12.7. The number of aromatic nitrogens is 4. The maximum absolute atomic E-state index is 11.9. The van der Waals surface area contributed by atoms with Crippen molar-refractivity contribution in [1.82, 2.24) is 19.1 Å². The van der Waals surface area contributed by atoms with Gasteiger partial charge in [0.1, 0.15) is 16.5 Å². The highest BCUT2D eigenvalue weighted by Crippen LogP contribution is 2.18. The van der Waals surface area contributed by atoms with Crippen molar-refractivity contribution in [3.8, 4) is 0 Å². The van der Waals surface area contributed by atoms with Crippen LogP contribution in [-0.4, -0.2) is 25.7 Å². The van der Waals surface area contributed by atoms with E-state index in [2.05, 4.69) is 19.9 Å². The maximum Gasteiger partial charge on any atom is 0.254 e. The SMILES string of the molecule is CCNc1snnc1Cn1c(C)nc(C)cc1=O. The van der Waals surface area contributed by atoms with E-state index in [1.54, 1.807) is 4.57 Å². The monoisotopic (exact) mass is 265 g/mol. The number of hydrogen-bond donors (Lipinski definition) is 1. The van der Waals surface area contributed by atoms with E-state index in [-0.39, 0.29) is 5.56 Å². The number of anilines is 1. The molecule has 0 spiro atoms. The molecular weight excluding hydrogens is 250 g/mol. The molecule has 0 aromatic carbocycles. The molecule has 0 atom stereocenters. The summed E-state index contributed by atoms with van der Waals surface area (Å²) >= 11 is 1.30. The molecule has 0 saturated carbocycles. The Hall–Kier alpha value is -1.76. The van der Waals surface area contributed by atoms with E-state index in [0.717, 1.165) is 22.9 Å². The van der Waals surface area contributed by atoms with Crippen molar-refractivity contribution in [1.29, 1.82) is 0 Å². The van der Waals surface area contributed by atoms with Gasteiger partial charge in [-0.15, -0.1) is 5.10 Å². The summed E-state index contributed by atoms with van der Waals surface area (Å²) in [6, 6.07) is 1.53. The van der Waals surface area contributed by atoms with E-state index in [1.807, 2.05) is 20.8 Å². The van der Waals surface area contributed by atoms with E-state index >= 15 is 0 Å². The van der Waals surface area contributed by atoms with Crippen molar-refractivity contribution < 1.29 is 0 Å². The van der Waals surface area contributed by atoms with Crippen molar-refractivity contribution in [2.75, 3.05) is 11.9 Å². The van der Waals surface area contributed by atoms with E-state index in [1.165, 1.54) is 17.6 Å². The smallest absolute Gasteiger partial charge is 0.254 e. The third-order valence-corrected chi connectivity index (χ3v) is 3.25. The van der Waals surface area contributed by atoms with Crippen LogP contribution in [0.5, 0.6) is 0 Å². The van der Waals surface area contributed by atoms with Crippen molar-refractivity contribution in [2.24, 2.45) is 0 Å². The average molecular weight is 265 g/mol. The van der Waals surface area contributed by atoms with Crippen LogP contribution in [0.2, 0.25) is 0 Å². The number of nitrogens with one attached hydrogen (secondary N) is 1. The van der Waals surface area contributed by atoms with Crippen LogP contribution in [0.25, 0.3) is 0 Å². The first-order valence-electron chi connectivity index (χ1n) is 5.72. The Morgan fingerprint density at radius 1 is 1.44 bits per heavy atom. The van der Waals surface area contributed by atoms with Crippen LogP contribution < -0.4 is 10.9 Å². The van der Waals surface area contributed by atoms with Crippen LogP contribution in [0.4, 0.5) is 5.00 Å². The Kier molecular flexibility index (Phi) is 3.71. The number of hydrogen-bond acceptors (Lipinski definition) is 6. The molecule has 0 fully saturated rings. The Labute approximate surface area is 109 Å². The van der Waals surface area contributed by atoms with E-state index in [0.29, 0.717) is 12.4 Å². The van der Waals surface area contributed by atoms with Crippen LogP contribution in [0.1, 0.15) is 24.1 Å². The molecule has 0 saturated heterocycles. The van der Waals surface area contributed by atoms with Gasteiger partial charge in [-0.3, -0.25) is 9.36 Å². The molecule has 2 rings (SSSR count). The van der Waals surface area contributed by atoms with Gasteiger partial charge in [-0.2, -0.15) is 0 Å². The van der Waals surface area contributed by atoms with Gasteiger partial charge in [0.25, 0.3) is 5.56 Å². The number of rotatable bonds is 4. The second-order valence-electron chi connectivity index (χ2n) is 3.95. The van der Waals surface area contributed by atoms with Gasteiger partial charge in [0.2, 0.25) is 0 Å². The van der Waals surface area contributed by atoms with E-state index in [4.69, 9.17) is 0 Å². The second-order valence-corrected chi connectivity index (χ2v) is 4.70. The first-order valence-corrected chi connectivity index (χ1v) is 6.49. The molecule has 2 heterocycles. The fourth-order valence-corrected chi connectivity index (χ4v) is 2.35. The summed E-state index contributed by atoms with van der Waals surface area (Å²) in [7, 11) is 0. The van der Waals surface area contributed by atoms with Gasteiger partial charge in [0.05, 0.1) is 6.54 Å². The van der Waals surface area contributed by atoms with Gasteiger partial charge in [-0.05, 0) is 20.8 Å². The Morgan fingerprint density at radius 3 is 2.89 bits per heavy atom. The summed E-state index contributed by atoms with van der Waals surface area (Å²) in [4.78, 5) is 16.2. The Morgan fingerprint density at radius 2 is 2.22 bits per heavy atom. The molecule has 0 aliphatic heterocycles. The molecule has 0 amide bonds. The average Bonchev–Trinajstić information content (AvgIpc) is 2.71. The Bertz CT molecular complexity index is 604. The zero-order valence-corrected chi connectivity index (χ0v) is 11.4. The molecule has 1 N–H and O–H groups in total. The largest absolute Gasteiger partial charge is 0.374 e. The molecule has 0 unspecified atom stereocenters. The van der Waals surface area contributed by atoms with Crippen molar-refractivity contribution in [2.45, 2.75) is 27.3 Å². The van der Waals surface area contributed by atoms with Crippen LogP contribution in [0, 0.1) is 13.8 Å². The molecule has 0 bridgehead atoms. The topological polar surface area (TPSA) is 72.7 Å². The molecule has 2 aromatic rings. The minimum atomic E-state index is -0.0598. The van der Waals surface area contributed by atoms with Crippen LogP contribution in [-0.2, 0) is 6.54 Å². The van der Waals surface area contributed by atoms with Gasteiger partial charge in [0.15, 0.2) is 0 Å². The van der Waals surface area contributed by atoms with Crippen molar-refractivity contribution >= 4 is 16.5 Å².